The molecule has 2 aromatic heterocycles. The van der Waals surface area contributed by atoms with Gasteiger partial charge in [0.15, 0.2) is 0 Å². The lowest BCUT2D eigenvalue weighted by molar-refractivity contribution is -0.137. The van der Waals surface area contributed by atoms with Gasteiger partial charge in [0.25, 0.3) is 0 Å². The quantitative estimate of drug-likeness (QED) is 0.472. The highest BCUT2D eigenvalue weighted by atomic mass is 16.4. The van der Waals surface area contributed by atoms with E-state index in [1.165, 1.54) is 16.8 Å². The summed E-state index contributed by atoms with van der Waals surface area (Å²) in [6, 6.07) is 15.2. The molecule has 0 aliphatic carbocycles. The number of imidazole rings is 1. The van der Waals surface area contributed by atoms with E-state index in [0.29, 0.717) is 12.1 Å². The minimum Gasteiger partial charge on any atom is -0.481 e. The first-order valence-corrected chi connectivity index (χ1v) is 11.5. The van der Waals surface area contributed by atoms with Gasteiger partial charge in [0, 0.05) is 44.1 Å². The highest BCUT2D eigenvalue weighted by Crippen LogP contribution is 2.39. The maximum Gasteiger partial charge on any atom is 0.329 e. The summed E-state index contributed by atoms with van der Waals surface area (Å²) in [7, 11) is 2.08. The Balaban J connectivity index is 1.68. The summed E-state index contributed by atoms with van der Waals surface area (Å²) in [5.74, 6) is -0.799. The molecule has 0 bridgehead atoms. The van der Waals surface area contributed by atoms with Crippen LogP contribution in [0.3, 0.4) is 0 Å². The molecule has 0 fully saturated rings. The topological polar surface area (TPSA) is 80.4 Å². The van der Waals surface area contributed by atoms with Gasteiger partial charge in [-0.3, -0.25) is 18.9 Å². The molecule has 0 amide bonds. The lowest BCUT2D eigenvalue weighted by Crippen LogP contribution is -2.31. The van der Waals surface area contributed by atoms with Crippen LogP contribution < -0.4 is 10.6 Å². The lowest BCUT2D eigenvalue weighted by Gasteiger charge is -2.17. The van der Waals surface area contributed by atoms with Crippen LogP contribution in [-0.2, 0) is 11.3 Å². The molecule has 0 saturated carbocycles. The third kappa shape index (κ3) is 3.67. The summed E-state index contributed by atoms with van der Waals surface area (Å²) in [5, 5.41) is 9.68. The van der Waals surface area contributed by atoms with Crippen LogP contribution in [0.25, 0.3) is 11.0 Å². The number of benzene rings is 2. The molecular formula is C27H28N4O3. The van der Waals surface area contributed by atoms with Crippen LogP contribution in [0.2, 0.25) is 0 Å². The number of nitrogens with zero attached hydrogens (tertiary/aromatic N) is 4. The smallest absolute Gasteiger partial charge is 0.329 e. The number of aromatic nitrogens is 3. The predicted octanol–water partition coefficient (Wildman–Crippen LogP) is 4.11. The second-order valence-electron chi connectivity index (χ2n) is 9.24. The number of fused-ring (bicyclic) bond motifs is 2. The molecule has 1 aliphatic rings. The first-order valence-electron chi connectivity index (χ1n) is 11.5. The highest BCUT2D eigenvalue weighted by Gasteiger charge is 2.31. The largest absolute Gasteiger partial charge is 0.481 e. The summed E-state index contributed by atoms with van der Waals surface area (Å²) in [6.45, 7) is 5.45. The van der Waals surface area contributed by atoms with Gasteiger partial charge >= 0.3 is 11.7 Å². The third-order valence-electron chi connectivity index (χ3n) is 6.88. The molecule has 174 valence electrons. The Labute approximate surface area is 197 Å². The van der Waals surface area contributed by atoms with E-state index in [9.17, 15) is 14.7 Å². The van der Waals surface area contributed by atoms with E-state index in [1.807, 2.05) is 35.8 Å². The van der Waals surface area contributed by atoms with Gasteiger partial charge < -0.3 is 10.0 Å². The Hall–Kier alpha value is -3.87. The van der Waals surface area contributed by atoms with Crippen LogP contribution in [0.15, 0.2) is 65.7 Å². The Morgan fingerprint density at radius 3 is 2.71 bits per heavy atom. The van der Waals surface area contributed by atoms with E-state index in [-0.39, 0.29) is 18.0 Å². The lowest BCUT2D eigenvalue weighted by atomic mass is 9.96. The average molecular weight is 457 g/mol. The van der Waals surface area contributed by atoms with Crippen molar-refractivity contribution in [3.8, 4) is 0 Å². The minimum atomic E-state index is -0.962. The fourth-order valence-corrected chi connectivity index (χ4v) is 5.38. The van der Waals surface area contributed by atoms with E-state index in [4.69, 9.17) is 0 Å². The number of rotatable bonds is 6. The maximum absolute atomic E-state index is 14.0. The molecule has 1 N–H and O–H groups in total. The normalized spacial score (nSPS) is 16.1. The molecule has 2 atom stereocenters. The van der Waals surface area contributed by atoms with E-state index < -0.39 is 12.0 Å². The van der Waals surface area contributed by atoms with E-state index >= 15 is 0 Å². The van der Waals surface area contributed by atoms with Gasteiger partial charge in [0.05, 0.1) is 23.5 Å². The van der Waals surface area contributed by atoms with E-state index in [0.717, 1.165) is 23.1 Å². The number of carboxylic acids is 1. The van der Waals surface area contributed by atoms with Crippen molar-refractivity contribution in [3.05, 3.63) is 93.7 Å². The number of hydrogen-bond donors (Lipinski definition) is 1. The van der Waals surface area contributed by atoms with E-state index in [1.54, 1.807) is 23.0 Å². The minimum absolute atomic E-state index is 0.163. The molecule has 5 rings (SSSR count). The van der Waals surface area contributed by atoms with Gasteiger partial charge in [-0.15, -0.1) is 0 Å². The van der Waals surface area contributed by atoms with Crippen LogP contribution in [0, 0.1) is 13.8 Å². The van der Waals surface area contributed by atoms with Gasteiger partial charge in [-0.25, -0.2) is 4.79 Å². The van der Waals surface area contributed by atoms with Crippen LogP contribution >= 0.6 is 0 Å². The van der Waals surface area contributed by atoms with Gasteiger partial charge in [-0.05, 0) is 60.4 Å². The van der Waals surface area contributed by atoms with Crippen LogP contribution in [-0.4, -0.2) is 38.8 Å². The molecule has 7 nitrogen and oxygen atoms in total. The van der Waals surface area contributed by atoms with Crippen molar-refractivity contribution in [2.24, 2.45) is 0 Å². The predicted molar refractivity (Wildman–Crippen MR) is 133 cm³/mol. The van der Waals surface area contributed by atoms with Crippen molar-refractivity contribution in [1.82, 2.24) is 14.1 Å². The molecule has 3 heterocycles. The summed E-state index contributed by atoms with van der Waals surface area (Å²) in [6.07, 6.45) is 3.09. The van der Waals surface area contributed by atoms with Crippen molar-refractivity contribution in [2.75, 3.05) is 18.5 Å². The van der Waals surface area contributed by atoms with Gasteiger partial charge in [-0.1, -0.05) is 24.3 Å². The molecule has 1 aliphatic heterocycles. The standard InChI is InChI=1S/C27H28N4O3/c1-17-9-10-21-24(12-17)31(23(13-25(32)33)19-7-5-11-28-14-19)27(34)30(21)16-20-15-29(3)22-8-4-6-18(2)26(20)22/h4-12,14,20,23H,13,15-16H2,1-3H3,(H,32,33)/t20?,23-/m1/s1. The number of likely N-dealkylation sites (N-methyl/N-ethyl adjacent to an activating group) is 1. The second kappa shape index (κ2) is 8.48. The Morgan fingerprint density at radius 1 is 1.15 bits per heavy atom. The Morgan fingerprint density at radius 2 is 1.97 bits per heavy atom. The third-order valence-corrected chi connectivity index (χ3v) is 6.88. The van der Waals surface area contributed by atoms with Crippen molar-refractivity contribution in [2.45, 2.75) is 38.8 Å². The van der Waals surface area contributed by atoms with Crippen molar-refractivity contribution < 1.29 is 9.90 Å². The fourth-order valence-electron chi connectivity index (χ4n) is 5.38. The van der Waals surface area contributed by atoms with Crippen molar-refractivity contribution in [1.29, 1.82) is 0 Å². The number of anilines is 1. The molecule has 2 aromatic carbocycles. The number of aliphatic carboxylic acids is 1. The molecule has 0 spiro atoms. The van der Waals surface area contributed by atoms with Crippen LogP contribution in [0.1, 0.15) is 40.6 Å². The zero-order valence-electron chi connectivity index (χ0n) is 19.6. The monoisotopic (exact) mass is 456 g/mol. The number of carboxylic acid groups (broad SMARTS) is 1. The number of hydrogen-bond acceptors (Lipinski definition) is 4. The van der Waals surface area contributed by atoms with Crippen molar-refractivity contribution >= 4 is 22.7 Å². The van der Waals surface area contributed by atoms with E-state index in [2.05, 4.69) is 42.1 Å². The van der Waals surface area contributed by atoms with Gasteiger partial charge in [0.2, 0.25) is 0 Å². The fraction of sp³-hybridized carbons (Fsp3) is 0.296. The number of carbonyl (C=O) groups is 1. The summed E-state index contributed by atoms with van der Waals surface area (Å²) < 4.78 is 3.46. The molecule has 34 heavy (non-hydrogen) atoms. The number of pyridine rings is 1. The Bertz CT molecular complexity index is 1440. The number of aryl methyl sites for hydroxylation is 2. The molecule has 0 radical (unpaired) electrons. The average Bonchev–Trinajstić information content (AvgIpc) is 3.27. The molecule has 7 heteroatoms. The SMILES string of the molecule is Cc1ccc2c(c1)n([C@H](CC(=O)O)c1cccnc1)c(=O)n2CC1CN(C)c2cccc(C)c21. The maximum atomic E-state index is 14.0. The first kappa shape index (κ1) is 21.9. The zero-order valence-corrected chi connectivity index (χ0v) is 19.6. The summed E-state index contributed by atoms with van der Waals surface area (Å²) in [4.78, 5) is 32.2. The van der Waals surface area contributed by atoms with Gasteiger partial charge in [0.1, 0.15) is 0 Å². The molecule has 0 saturated heterocycles. The first-order chi connectivity index (χ1) is 16.3. The molecule has 4 aromatic rings. The Kier molecular flexibility index (Phi) is 5.48. The van der Waals surface area contributed by atoms with Crippen molar-refractivity contribution in [3.63, 3.8) is 0 Å². The summed E-state index contributed by atoms with van der Waals surface area (Å²) >= 11 is 0. The zero-order chi connectivity index (χ0) is 24.0. The van der Waals surface area contributed by atoms with Crippen LogP contribution in [0.5, 0.6) is 0 Å². The molecule has 1 unspecified atom stereocenters. The van der Waals surface area contributed by atoms with Gasteiger partial charge in [-0.2, -0.15) is 0 Å². The summed E-state index contributed by atoms with van der Waals surface area (Å²) in [5.41, 5.74) is 6.79. The van der Waals surface area contributed by atoms with Crippen LogP contribution in [0.4, 0.5) is 5.69 Å². The molecular weight excluding hydrogens is 428 g/mol. The highest BCUT2D eigenvalue weighted by molar-refractivity contribution is 5.78. The second-order valence-corrected chi connectivity index (χ2v) is 9.24.